The number of pyridine rings is 1. The predicted octanol–water partition coefficient (Wildman–Crippen LogP) is 5.18. The maximum atomic E-state index is 12.8. The van der Waals surface area contributed by atoms with Crippen LogP contribution in [0.3, 0.4) is 0 Å². The Hall–Kier alpha value is -3.57. The second-order valence-corrected chi connectivity index (χ2v) is 7.70. The molecule has 5 N–H and O–H groups in total. The molecule has 7 nitrogen and oxygen atoms in total. The average molecular weight is 461 g/mol. The first-order chi connectivity index (χ1) is 15.3. The normalized spacial score (nSPS) is 12.5. The van der Waals surface area contributed by atoms with E-state index in [2.05, 4.69) is 20.6 Å². The van der Waals surface area contributed by atoms with E-state index in [4.69, 9.17) is 10.5 Å². The van der Waals surface area contributed by atoms with Gasteiger partial charge in [0.1, 0.15) is 10.6 Å². The van der Waals surface area contributed by atoms with E-state index in [1.54, 1.807) is 29.9 Å². The lowest BCUT2D eigenvalue weighted by atomic mass is 10.0. The molecule has 166 valence electrons. The summed E-state index contributed by atoms with van der Waals surface area (Å²) in [5.41, 5.74) is 6.88. The Morgan fingerprint density at radius 3 is 2.69 bits per heavy atom. The fourth-order valence-electron chi connectivity index (χ4n) is 3.12. The maximum absolute atomic E-state index is 12.8. The maximum Gasteiger partial charge on any atom is 0.416 e. The van der Waals surface area contributed by atoms with Crippen molar-refractivity contribution in [2.24, 2.45) is 5.73 Å². The summed E-state index contributed by atoms with van der Waals surface area (Å²) in [6.45, 7) is -0.0162. The lowest BCUT2D eigenvalue weighted by Gasteiger charge is -2.18. The molecule has 0 spiro atoms. The van der Waals surface area contributed by atoms with Crippen molar-refractivity contribution in [2.45, 2.75) is 12.2 Å². The molecular formula is C21H18F3N5O2S. The first-order valence-corrected chi connectivity index (χ1v) is 10.4. The van der Waals surface area contributed by atoms with Crippen LogP contribution < -0.4 is 21.1 Å². The number of ether oxygens (including phenoxy) is 1. The van der Waals surface area contributed by atoms with Gasteiger partial charge in [-0.05, 0) is 41.3 Å². The van der Waals surface area contributed by atoms with Crippen LogP contribution in [0.5, 0.6) is 5.75 Å². The zero-order valence-corrected chi connectivity index (χ0v) is 17.3. The molecule has 1 atom stereocenters. The third kappa shape index (κ3) is 4.68. The molecule has 0 aliphatic carbocycles. The predicted molar refractivity (Wildman–Crippen MR) is 116 cm³/mol. The number of halogens is 3. The van der Waals surface area contributed by atoms with E-state index in [1.807, 2.05) is 6.07 Å². The van der Waals surface area contributed by atoms with Crippen molar-refractivity contribution >= 4 is 39.2 Å². The standard InChI is InChI=1S/C21H18F3N5O2S/c22-21(23,24)13-3-1-12(2-4-13)16(11-25)29-20(30)31-17-7-10-32-19(17)28-15-6-9-27-18-14(15)5-8-26-18/h1-10,16H,11,25H2,(H,29,30)(H2,26,27,28). The number of thiophene rings is 1. The number of nitrogens with two attached hydrogens (primary N) is 1. The van der Waals surface area contributed by atoms with Gasteiger partial charge in [-0.15, -0.1) is 11.3 Å². The summed E-state index contributed by atoms with van der Waals surface area (Å²) >= 11 is 1.34. The van der Waals surface area contributed by atoms with E-state index in [9.17, 15) is 18.0 Å². The molecule has 3 heterocycles. The Morgan fingerprint density at radius 2 is 1.97 bits per heavy atom. The highest BCUT2D eigenvalue weighted by Crippen LogP contribution is 2.35. The molecule has 0 fully saturated rings. The number of anilines is 2. The molecule has 11 heteroatoms. The van der Waals surface area contributed by atoms with Gasteiger partial charge in [-0.2, -0.15) is 13.2 Å². The molecule has 4 rings (SSSR count). The van der Waals surface area contributed by atoms with Crippen LogP contribution in [0.1, 0.15) is 17.2 Å². The number of aromatic nitrogens is 2. The van der Waals surface area contributed by atoms with Gasteiger partial charge in [0.05, 0.1) is 17.3 Å². The number of hydrogen-bond donors (Lipinski definition) is 4. The summed E-state index contributed by atoms with van der Waals surface area (Å²) in [5.74, 6) is 0.302. The first-order valence-electron chi connectivity index (χ1n) is 9.47. The molecule has 1 unspecified atom stereocenters. The van der Waals surface area contributed by atoms with Crippen molar-refractivity contribution in [3.8, 4) is 5.75 Å². The van der Waals surface area contributed by atoms with Crippen molar-refractivity contribution in [2.75, 3.05) is 11.9 Å². The van der Waals surface area contributed by atoms with Crippen molar-refractivity contribution in [3.63, 3.8) is 0 Å². The Bertz CT molecular complexity index is 1220. The number of alkyl halides is 3. The zero-order chi connectivity index (χ0) is 22.7. The third-order valence-electron chi connectivity index (χ3n) is 4.71. The van der Waals surface area contributed by atoms with Gasteiger partial charge in [0, 0.05) is 24.3 Å². The molecule has 0 radical (unpaired) electrons. The zero-order valence-electron chi connectivity index (χ0n) is 16.4. The smallest absolute Gasteiger partial charge is 0.407 e. The summed E-state index contributed by atoms with van der Waals surface area (Å²) in [7, 11) is 0. The van der Waals surface area contributed by atoms with Crippen molar-refractivity contribution in [3.05, 3.63) is 71.4 Å². The number of carbonyl (C=O) groups excluding carboxylic acids is 1. The van der Waals surface area contributed by atoms with Crippen LogP contribution >= 0.6 is 11.3 Å². The summed E-state index contributed by atoms with van der Waals surface area (Å²) in [4.78, 5) is 19.7. The molecule has 0 saturated heterocycles. The number of H-pyrrole nitrogens is 1. The summed E-state index contributed by atoms with van der Waals surface area (Å²) in [6.07, 6.45) is -1.79. The monoisotopic (exact) mass is 461 g/mol. The van der Waals surface area contributed by atoms with E-state index in [0.717, 1.165) is 23.2 Å². The van der Waals surface area contributed by atoms with Crippen LogP contribution in [-0.2, 0) is 6.18 Å². The van der Waals surface area contributed by atoms with Gasteiger partial charge >= 0.3 is 12.3 Å². The Kier molecular flexibility index (Phi) is 6.01. The summed E-state index contributed by atoms with van der Waals surface area (Å²) in [5, 5.41) is 9.06. The number of benzene rings is 1. The highest BCUT2D eigenvalue weighted by Gasteiger charge is 2.30. The van der Waals surface area contributed by atoms with E-state index >= 15 is 0 Å². The van der Waals surface area contributed by atoms with E-state index in [0.29, 0.717) is 22.0 Å². The molecule has 3 aromatic heterocycles. The lowest BCUT2D eigenvalue weighted by Crippen LogP contribution is -2.35. The van der Waals surface area contributed by atoms with Gasteiger partial charge in [-0.3, -0.25) is 0 Å². The summed E-state index contributed by atoms with van der Waals surface area (Å²) < 4.78 is 43.7. The largest absolute Gasteiger partial charge is 0.416 e. The molecular weight excluding hydrogens is 443 g/mol. The van der Waals surface area contributed by atoms with Gasteiger partial charge in [0.15, 0.2) is 5.75 Å². The fourth-order valence-corrected chi connectivity index (χ4v) is 3.84. The van der Waals surface area contributed by atoms with Crippen LogP contribution in [0.2, 0.25) is 0 Å². The Labute approximate surface area is 184 Å². The number of nitrogens with one attached hydrogen (secondary N) is 3. The van der Waals surface area contributed by atoms with Gasteiger partial charge in [0.2, 0.25) is 0 Å². The first kappa shape index (κ1) is 21.7. The molecule has 1 aromatic carbocycles. The number of fused-ring (bicyclic) bond motifs is 1. The molecule has 32 heavy (non-hydrogen) atoms. The molecule has 0 aliphatic heterocycles. The van der Waals surface area contributed by atoms with E-state index in [1.165, 1.54) is 23.5 Å². The van der Waals surface area contributed by atoms with Crippen LogP contribution in [0.4, 0.5) is 28.7 Å². The summed E-state index contributed by atoms with van der Waals surface area (Å²) in [6, 6.07) is 9.06. The number of carbonyl (C=O) groups is 1. The molecule has 0 bridgehead atoms. The minimum atomic E-state index is -4.44. The molecule has 1 amide bonds. The SMILES string of the molecule is NCC(NC(=O)Oc1ccsc1Nc1ccnc2[nH]ccc12)c1ccc(C(F)(F)F)cc1. The van der Waals surface area contributed by atoms with Gasteiger partial charge in [-0.1, -0.05) is 12.1 Å². The number of rotatable bonds is 6. The second-order valence-electron chi connectivity index (χ2n) is 6.78. The molecule has 0 saturated carbocycles. The van der Waals surface area contributed by atoms with Crippen molar-refractivity contribution in [1.82, 2.24) is 15.3 Å². The van der Waals surface area contributed by atoms with Gasteiger partial charge < -0.3 is 26.1 Å². The number of amides is 1. The van der Waals surface area contributed by atoms with Crippen LogP contribution in [-0.4, -0.2) is 22.6 Å². The quantitative estimate of drug-likeness (QED) is 0.317. The number of nitrogens with zero attached hydrogens (tertiary/aromatic N) is 1. The number of aromatic amines is 1. The second kappa shape index (κ2) is 8.89. The minimum absolute atomic E-state index is 0.0162. The fraction of sp³-hybridized carbons (Fsp3) is 0.143. The molecule has 4 aromatic rings. The van der Waals surface area contributed by atoms with Crippen molar-refractivity contribution < 1.29 is 22.7 Å². The Morgan fingerprint density at radius 1 is 1.19 bits per heavy atom. The van der Waals surface area contributed by atoms with Gasteiger partial charge in [-0.25, -0.2) is 9.78 Å². The van der Waals surface area contributed by atoms with Crippen LogP contribution in [0.15, 0.2) is 60.2 Å². The topological polar surface area (TPSA) is 105 Å². The highest BCUT2D eigenvalue weighted by atomic mass is 32.1. The average Bonchev–Trinajstić information content (AvgIpc) is 3.41. The van der Waals surface area contributed by atoms with Crippen molar-refractivity contribution in [1.29, 1.82) is 0 Å². The highest BCUT2D eigenvalue weighted by molar-refractivity contribution is 7.14. The lowest BCUT2D eigenvalue weighted by molar-refractivity contribution is -0.137. The minimum Gasteiger partial charge on any atom is -0.407 e. The van der Waals surface area contributed by atoms with E-state index in [-0.39, 0.29) is 6.54 Å². The number of hydrogen-bond acceptors (Lipinski definition) is 6. The van der Waals surface area contributed by atoms with Crippen LogP contribution in [0.25, 0.3) is 11.0 Å². The Balaban J connectivity index is 1.44. The van der Waals surface area contributed by atoms with E-state index < -0.39 is 23.9 Å². The third-order valence-corrected chi connectivity index (χ3v) is 5.52. The van der Waals surface area contributed by atoms with Crippen LogP contribution in [0, 0.1) is 0 Å². The molecule has 0 aliphatic rings. The van der Waals surface area contributed by atoms with Gasteiger partial charge in [0.25, 0.3) is 0 Å².